The molecular weight excluding hydrogens is 546 g/mol. The summed E-state index contributed by atoms with van der Waals surface area (Å²) in [6, 6.07) is 22.5. The number of nitrogens with one attached hydrogen (secondary N) is 1. The fraction of sp³-hybridized carbons (Fsp3) is 0.412. The number of sulfonamides is 1. The highest BCUT2D eigenvalue weighted by Gasteiger charge is 2.33. The number of carbonyl (C=O) groups is 2. The highest BCUT2D eigenvalue weighted by molar-refractivity contribution is 7.92. The Morgan fingerprint density at radius 3 is 2.07 bits per heavy atom. The number of amides is 2. The zero-order valence-corrected chi connectivity index (χ0v) is 25.9. The molecule has 4 rings (SSSR count). The van der Waals surface area contributed by atoms with Crippen molar-refractivity contribution >= 4 is 27.5 Å². The van der Waals surface area contributed by atoms with Gasteiger partial charge in [-0.3, -0.25) is 13.9 Å². The molecule has 1 fully saturated rings. The third-order valence-corrected chi connectivity index (χ3v) is 9.84. The molecule has 1 atom stereocenters. The van der Waals surface area contributed by atoms with Crippen molar-refractivity contribution in [1.29, 1.82) is 0 Å². The van der Waals surface area contributed by atoms with Gasteiger partial charge in [0, 0.05) is 12.6 Å². The van der Waals surface area contributed by atoms with Gasteiger partial charge in [0.05, 0.1) is 10.6 Å². The topological polar surface area (TPSA) is 86.8 Å². The van der Waals surface area contributed by atoms with Gasteiger partial charge in [-0.05, 0) is 68.0 Å². The first kappa shape index (κ1) is 31.3. The maximum Gasteiger partial charge on any atom is 0.264 e. The SMILES string of the molecule is Cc1ccc(CN(C(=O)CN(c2ccc(C(C)C)cc2)S(=O)(=O)c2ccccc2)[C@@H](C)C(=O)NC2CCCCC2)cc1. The molecule has 0 aliphatic heterocycles. The van der Waals surface area contributed by atoms with Crippen molar-refractivity contribution in [2.24, 2.45) is 0 Å². The zero-order chi connectivity index (χ0) is 30.3. The molecule has 2 amide bonds. The lowest BCUT2D eigenvalue weighted by molar-refractivity contribution is -0.139. The minimum absolute atomic E-state index is 0.0962. The van der Waals surface area contributed by atoms with Crippen molar-refractivity contribution in [2.75, 3.05) is 10.8 Å². The largest absolute Gasteiger partial charge is 0.352 e. The van der Waals surface area contributed by atoms with Gasteiger partial charge >= 0.3 is 0 Å². The lowest BCUT2D eigenvalue weighted by Crippen LogP contribution is -2.53. The van der Waals surface area contributed by atoms with E-state index >= 15 is 0 Å². The Morgan fingerprint density at radius 2 is 1.48 bits per heavy atom. The maximum absolute atomic E-state index is 14.1. The first-order valence-corrected chi connectivity index (χ1v) is 16.3. The van der Waals surface area contributed by atoms with Gasteiger partial charge in [-0.1, -0.05) is 93.3 Å². The van der Waals surface area contributed by atoms with E-state index in [0.717, 1.165) is 46.7 Å². The molecule has 0 radical (unpaired) electrons. The second-order valence-corrected chi connectivity index (χ2v) is 13.5. The highest BCUT2D eigenvalue weighted by atomic mass is 32.2. The van der Waals surface area contributed by atoms with Gasteiger partial charge in [0.25, 0.3) is 10.0 Å². The molecule has 42 heavy (non-hydrogen) atoms. The second-order valence-electron chi connectivity index (χ2n) is 11.6. The Hall–Kier alpha value is -3.65. The molecule has 224 valence electrons. The molecule has 1 saturated carbocycles. The maximum atomic E-state index is 14.1. The summed E-state index contributed by atoms with van der Waals surface area (Å²) in [6.07, 6.45) is 5.18. The van der Waals surface area contributed by atoms with Crippen LogP contribution >= 0.6 is 0 Å². The Morgan fingerprint density at radius 1 is 0.857 bits per heavy atom. The van der Waals surface area contributed by atoms with Gasteiger partial charge in [0.15, 0.2) is 0 Å². The van der Waals surface area contributed by atoms with Crippen LogP contribution in [0.4, 0.5) is 5.69 Å². The average Bonchev–Trinajstić information content (AvgIpc) is 3.00. The number of hydrogen-bond acceptors (Lipinski definition) is 4. The molecule has 0 spiro atoms. The monoisotopic (exact) mass is 589 g/mol. The smallest absolute Gasteiger partial charge is 0.264 e. The van der Waals surface area contributed by atoms with E-state index in [-0.39, 0.29) is 29.3 Å². The lowest BCUT2D eigenvalue weighted by Gasteiger charge is -2.33. The fourth-order valence-corrected chi connectivity index (χ4v) is 6.75. The molecule has 1 aliphatic carbocycles. The normalized spacial score (nSPS) is 14.8. The summed E-state index contributed by atoms with van der Waals surface area (Å²) in [7, 11) is -4.08. The molecule has 3 aromatic rings. The van der Waals surface area contributed by atoms with Gasteiger partial charge in [-0.15, -0.1) is 0 Å². The molecule has 1 aliphatic rings. The third-order valence-electron chi connectivity index (χ3n) is 8.05. The number of nitrogens with zero attached hydrogens (tertiary/aromatic N) is 2. The molecule has 0 bridgehead atoms. The summed E-state index contributed by atoms with van der Waals surface area (Å²) >= 11 is 0. The average molecular weight is 590 g/mol. The van der Waals surface area contributed by atoms with Crippen LogP contribution in [-0.2, 0) is 26.2 Å². The van der Waals surface area contributed by atoms with Crippen molar-refractivity contribution in [1.82, 2.24) is 10.2 Å². The fourth-order valence-electron chi connectivity index (χ4n) is 5.32. The lowest BCUT2D eigenvalue weighted by atomic mass is 9.95. The standard InChI is InChI=1S/C34H43N3O4S/c1-25(2)29-19-21-31(22-20-29)37(42(40,41)32-13-9-6-10-14-32)24-33(38)36(23-28-17-15-26(3)16-18-28)27(4)34(39)35-30-11-7-5-8-12-30/h6,9-10,13-22,25,27,30H,5,7-8,11-12,23-24H2,1-4H3,(H,35,39)/t27-/m0/s1. The molecule has 0 heterocycles. The van der Waals surface area contributed by atoms with E-state index in [1.165, 1.54) is 23.5 Å². The van der Waals surface area contributed by atoms with Crippen LogP contribution in [0.1, 0.15) is 75.5 Å². The van der Waals surface area contributed by atoms with E-state index in [1.54, 1.807) is 37.3 Å². The molecule has 0 unspecified atom stereocenters. The molecule has 0 aromatic heterocycles. The van der Waals surface area contributed by atoms with Gasteiger partial charge in [-0.25, -0.2) is 8.42 Å². The Balaban J connectivity index is 1.67. The Kier molecular flexibility index (Phi) is 10.4. The van der Waals surface area contributed by atoms with Crippen LogP contribution in [0.25, 0.3) is 0 Å². The molecular formula is C34H43N3O4S. The van der Waals surface area contributed by atoms with Gasteiger partial charge in [0.2, 0.25) is 11.8 Å². The predicted molar refractivity (Wildman–Crippen MR) is 168 cm³/mol. The molecule has 7 nitrogen and oxygen atoms in total. The van der Waals surface area contributed by atoms with Gasteiger partial charge in [0.1, 0.15) is 12.6 Å². The summed E-state index contributed by atoms with van der Waals surface area (Å²) in [5.41, 5.74) is 3.41. The number of rotatable bonds is 11. The number of hydrogen-bond donors (Lipinski definition) is 1. The highest BCUT2D eigenvalue weighted by Crippen LogP contribution is 2.27. The first-order chi connectivity index (χ1) is 20.1. The van der Waals surface area contributed by atoms with Crippen LogP contribution in [-0.4, -0.2) is 43.8 Å². The van der Waals surface area contributed by atoms with Crippen LogP contribution in [0.15, 0.2) is 83.8 Å². The number of aryl methyl sites for hydroxylation is 1. The van der Waals surface area contributed by atoms with E-state index < -0.39 is 28.5 Å². The number of benzene rings is 3. The molecule has 8 heteroatoms. The van der Waals surface area contributed by atoms with E-state index in [9.17, 15) is 18.0 Å². The van der Waals surface area contributed by atoms with Gasteiger partial charge < -0.3 is 10.2 Å². The van der Waals surface area contributed by atoms with Crippen molar-refractivity contribution in [3.05, 3.63) is 95.6 Å². The van der Waals surface area contributed by atoms with Crippen LogP contribution in [0, 0.1) is 6.92 Å². The van der Waals surface area contributed by atoms with Crippen molar-refractivity contribution in [3.8, 4) is 0 Å². The Bertz CT molecular complexity index is 1430. The second kappa shape index (κ2) is 14.0. The van der Waals surface area contributed by atoms with Crippen LogP contribution in [0.3, 0.4) is 0 Å². The minimum atomic E-state index is -4.08. The molecule has 1 N–H and O–H groups in total. The van der Waals surface area contributed by atoms with Crippen molar-refractivity contribution < 1.29 is 18.0 Å². The van der Waals surface area contributed by atoms with E-state index in [0.29, 0.717) is 5.69 Å². The van der Waals surface area contributed by atoms with E-state index in [1.807, 2.05) is 43.3 Å². The molecule has 0 saturated heterocycles. The van der Waals surface area contributed by atoms with Crippen molar-refractivity contribution in [2.45, 2.75) is 89.2 Å². The summed E-state index contributed by atoms with van der Waals surface area (Å²) in [5.74, 6) is -0.399. The minimum Gasteiger partial charge on any atom is -0.352 e. The zero-order valence-electron chi connectivity index (χ0n) is 25.1. The quantitative estimate of drug-likeness (QED) is 0.289. The van der Waals surface area contributed by atoms with E-state index in [4.69, 9.17) is 0 Å². The van der Waals surface area contributed by atoms with Crippen LogP contribution < -0.4 is 9.62 Å². The number of carbonyl (C=O) groups excluding carboxylic acids is 2. The predicted octanol–water partition coefficient (Wildman–Crippen LogP) is 6.18. The van der Waals surface area contributed by atoms with Crippen LogP contribution in [0.5, 0.6) is 0 Å². The summed E-state index contributed by atoms with van der Waals surface area (Å²) < 4.78 is 29.1. The Labute approximate surface area is 251 Å². The van der Waals surface area contributed by atoms with Crippen LogP contribution in [0.2, 0.25) is 0 Å². The summed E-state index contributed by atoms with van der Waals surface area (Å²) in [5, 5.41) is 3.14. The third kappa shape index (κ3) is 7.79. The van der Waals surface area contributed by atoms with E-state index in [2.05, 4.69) is 19.2 Å². The summed E-state index contributed by atoms with van der Waals surface area (Å²) in [4.78, 5) is 29.2. The first-order valence-electron chi connectivity index (χ1n) is 14.9. The summed E-state index contributed by atoms with van der Waals surface area (Å²) in [6.45, 7) is 7.59. The number of anilines is 1. The van der Waals surface area contributed by atoms with Crippen molar-refractivity contribution in [3.63, 3.8) is 0 Å². The van der Waals surface area contributed by atoms with Gasteiger partial charge in [-0.2, -0.15) is 0 Å². The molecule has 3 aromatic carbocycles.